The summed E-state index contributed by atoms with van der Waals surface area (Å²) in [6.45, 7) is 5.51. The number of fused-ring (bicyclic) bond motifs is 5. The van der Waals surface area contributed by atoms with Gasteiger partial charge >= 0.3 is 5.97 Å². The summed E-state index contributed by atoms with van der Waals surface area (Å²) in [5.41, 5.74) is 4.87. The summed E-state index contributed by atoms with van der Waals surface area (Å²) in [5, 5.41) is 16.0. The fourth-order valence-electron chi connectivity index (χ4n) is 5.75. The van der Waals surface area contributed by atoms with Crippen LogP contribution in [0.15, 0.2) is 54.7 Å². The third kappa shape index (κ3) is 5.22. The monoisotopic (exact) mass is 501 g/mol. The minimum atomic E-state index is -1.02. The van der Waals surface area contributed by atoms with E-state index < -0.39 is 11.5 Å². The molecule has 37 heavy (non-hydrogen) atoms. The number of nitrogens with zero attached hydrogens (tertiary/aromatic N) is 1. The van der Waals surface area contributed by atoms with E-state index in [1.165, 1.54) is 54.9 Å². The van der Waals surface area contributed by atoms with Gasteiger partial charge in [-0.25, -0.2) is 4.79 Å². The molecule has 0 atom stereocenters. The van der Waals surface area contributed by atoms with Gasteiger partial charge in [0, 0.05) is 40.9 Å². The van der Waals surface area contributed by atoms with Crippen molar-refractivity contribution < 1.29 is 19.4 Å². The van der Waals surface area contributed by atoms with Gasteiger partial charge in [-0.15, -0.1) is 0 Å². The van der Waals surface area contributed by atoms with Gasteiger partial charge in [-0.05, 0) is 62.4 Å². The van der Waals surface area contributed by atoms with Crippen molar-refractivity contribution in [1.82, 2.24) is 15.2 Å². The Morgan fingerprint density at radius 2 is 1.92 bits per heavy atom. The van der Waals surface area contributed by atoms with E-state index in [4.69, 9.17) is 9.84 Å². The first-order chi connectivity index (χ1) is 17.8. The van der Waals surface area contributed by atoms with Gasteiger partial charge < -0.3 is 25.0 Å². The minimum Gasteiger partial charge on any atom is -0.491 e. The van der Waals surface area contributed by atoms with Crippen LogP contribution < -0.4 is 15.4 Å². The maximum Gasteiger partial charge on any atom is 0.329 e. The van der Waals surface area contributed by atoms with Crippen molar-refractivity contribution in [2.45, 2.75) is 64.0 Å². The third-order valence-electron chi connectivity index (χ3n) is 7.43. The molecule has 0 unspecified atom stereocenters. The summed E-state index contributed by atoms with van der Waals surface area (Å²) in [6.07, 6.45) is 8.59. The van der Waals surface area contributed by atoms with Crippen molar-refractivity contribution in [3.63, 3.8) is 0 Å². The van der Waals surface area contributed by atoms with Gasteiger partial charge in [-0.1, -0.05) is 37.5 Å². The molecule has 194 valence electrons. The highest BCUT2D eigenvalue weighted by atomic mass is 16.5. The molecule has 0 radical (unpaired) electrons. The van der Waals surface area contributed by atoms with Crippen LogP contribution in [0.4, 0.5) is 0 Å². The van der Waals surface area contributed by atoms with Crippen LogP contribution in [0.25, 0.3) is 22.2 Å². The zero-order valence-corrected chi connectivity index (χ0v) is 21.5. The van der Waals surface area contributed by atoms with Crippen LogP contribution in [0.5, 0.6) is 5.75 Å². The first kappa shape index (κ1) is 24.9. The average Bonchev–Trinajstić information content (AvgIpc) is 3.08. The Morgan fingerprint density at radius 1 is 1.14 bits per heavy atom. The van der Waals surface area contributed by atoms with Crippen LogP contribution in [0, 0.1) is 0 Å². The van der Waals surface area contributed by atoms with E-state index in [1.54, 1.807) is 0 Å². The number of carboxylic acid groups (broad SMARTS) is 1. The molecule has 2 heterocycles. The van der Waals surface area contributed by atoms with Crippen LogP contribution >= 0.6 is 0 Å². The number of amides is 1. The molecule has 1 fully saturated rings. The number of carbonyl (C=O) groups is 2. The van der Waals surface area contributed by atoms with Crippen molar-refractivity contribution >= 4 is 22.8 Å². The van der Waals surface area contributed by atoms with Crippen molar-refractivity contribution in [2.24, 2.45) is 0 Å². The first-order valence-corrected chi connectivity index (χ1v) is 13.2. The normalized spacial score (nSPS) is 16.1. The average molecular weight is 502 g/mol. The Morgan fingerprint density at radius 3 is 2.70 bits per heavy atom. The lowest BCUT2D eigenvalue weighted by molar-refractivity contribution is -0.131. The lowest BCUT2D eigenvalue weighted by Crippen LogP contribution is -2.49. The predicted molar refractivity (Wildman–Crippen MR) is 145 cm³/mol. The Kier molecular flexibility index (Phi) is 6.96. The first-order valence-electron chi connectivity index (χ1n) is 13.2. The summed E-state index contributed by atoms with van der Waals surface area (Å²) in [6, 6.07) is 14.4. The standard InChI is InChI=1S/C30H35N3O4/c1-30(2,19-31-15-14-26(34)35)32-29(36)21-12-13-22-24(18-21)33-16-17-37-25-11-7-6-10-23(25)28(33)27(22)20-8-4-3-5-9-20/h6-7,10-15,18,20,31H,3-5,8-9,16-17,19H2,1-2H3,(H,32,36)(H,34,35). The van der Waals surface area contributed by atoms with Crippen LogP contribution in [-0.2, 0) is 11.3 Å². The maximum atomic E-state index is 13.3. The van der Waals surface area contributed by atoms with E-state index in [2.05, 4.69) is 33.4 Å². The molecule has 7 heteroatoms. The number of hydrogen-bond acceptors (Lipinski definition) is 4. The second-order valence-electron chi connectivity index (χ2n) is 10.7. The van der Waals surface area contributed by atoms with E-state index in [0.717, 1.165) is 29.5 Å². The molecule has 7 nitrogen and oxygen atoms in total. The molecule has 0 spiro atoms. The molecule has 1 aromatic heterocycles. The lowest BCUT2D eigenvalue weighted by Gasteiger charge is -2.26. The molecule has 1 aliphatic heterocycles. The third-order valence-corrected chi connectivity index (χ3v) is 7.43. The second-order valence-corrected chi connectivity index (χ2v) is 10.7. The Bertz CT molecular complexity index is 1350. The molecular formula is C30H35N3O4. The van der Waals surface area contributed by atoms with Crippen LogP contribution in [0.2, 0.25) is 0 Å². The number of carbonyl (C=O) groups excluding carboxylic acids is 1. The molecule has 2 aromatic carbocycles. The number of para-hydroxylation sites is 1. The largest absolute Gasteiger partial charge is 0.491 e. The van der Waals surface area contributed by atoms with E-state index in [-0.39, 0.29) is 5.91 Å². The Hall–Kier alpha value is -3.74. The van der Waals surface area contributed by atoms with E-state index >= 15 is 0 Å². The molecule has 3 aromatic rings. The summed E-state index contributed by atoms with van der Waals surface area (Å²) in [7, 11) is 0. The molecule has 2 aliphatic rings. The summed E-state index contributed by atoms with van der Waals surface area (Å²) >= 11 is 0. The number of aromatic nitrogens is 1. The van der Waals surface area contributed by atoms with Crippen molar-refractivity contribution in [1.29, 1.82) is 0 Å². The lowest BCUT2D eigenvalue weighted by atomic mass is 9.81. The number of carboxylic acids is 1. The molecule has 1 saturated carbocycles. The quantitative estimate of drug-likeness (QED) is 0.375. The van der Waals surface area contributed by atoms with Crippen molar-refractivity contribution in [3.8, 4) is 17.0 Å². The van der Waals surface area contributed by atoms with Crippen LogP contribution in [0.1, 0.15) is 67.8 Å². The topological polar surface area (TPSA) is 92.6 Å². The Labute approximate surface area is 217 Å². The molecular weight excluding hydrogens is 466 g/mol. The second kappa shape index (κ2) is 10.3. The molecule has 0 bridgehead atoms. The number of ether oxygens (including phenoxy) is 1. The fraction of sp³-hybridized carbons (Fsp3) is 0.400. The molecule has 0 saturated heterocycles. The van der Waals surface area contributed by atoms with Crippen molar-refractivity contribution in [2.75, 3.05) is 13.2 Å². The summed E-state index contributed by atoms with van der Waals surface area (Å²) in [4.78, 5) is 24.0. The number of benzene rings is 2. The molecule has 5 rings (SSSR count). The number of hydrogen-bond donors (Lipinski definition) is 3. The van der Waals surface area contributed by atoms with Crippen LogP contribution in [0.3, 0.4) is 0 Å². The maximum absolute atomic E-state index is 13.3. The molecule has 1 aliphatic carbocycles. The van der Waals surface area contributed by atoms with E-state index in [1.807, 2.05) is 38.1 Å². The van der Waals surface area contributed by atoms with Crippen LogP contribution in [-0.4, -0.2) is 40.2 Å². The number of rotatable bonds is 7. The SMILES string of the molecule is CC(C)(CNC=CC(=O)O)NC(=O)c1ccc2c(C3CCCCC3)c3n(c2c1)CCOc1ccccc1-3. The highest BCUT2D eigenvalue weighted by molar-refractivity contribution is 6.01. The van der Waals surface area contributed by atoms with Crippen molar-refractivity contribution in [3.05, 3.63) is 65.9 Å². The highest BCUT2D eigenvalue weighted by Crippen LogP contribution is 2.47. The zero-order chi connectivity index (χ0) is 26.0. The van der Waals surface area contributed by atoms with Gasteiger partial charge in [0.05, 0.1) is 17.8 Å². The van der Waals surface area contributed by atoms with Gasteiger partial charge in [0.1, 0.15) is 12.4 Å². The van der Waals surface area contributed by atoms with Gasteiger partial charge in [-0.3, -0.25) is 4.79 Å². The molecule has 1 amide bonds. The van der Waals surface area contributed by atoms with E-state index in [9.17, 15) is 9.59 Å². The van der Waals surface area contributed by atoms with Gasteiger partial charge in [0.2, 0.25) is 0 Å². The fourth-order valence-corrected chi connectivity index (χ4v) is 5.75. The van der Waals surface area contributed by atoms with Gasteiger partial charge in [0.25, 0.3) is 5.91 Å². The summed E-state index contributed by atoms with van der Waals surface area (Å²) < 4.78 is 8.49. The van der Waals surface area contributed by atoms with Gasteiger partial charge in [-0.2, -0.15) is 0 Å². The number of aliphatic carboxylic acids is 1. The zero-order valence-electron chi connectivity index (χ0n) is 21.5. The van der Waals surface area contributed by atoms with Gasteiger partial charge in [0.15, 0.2) is 0 Å². The smallest absolute Gasteiger partial charge is 0.329 e. The highest BCUT2D eigenvalue weighted by Gasteiger charge is 2.30. The van der Waals surface area contributed by atoms with E-state index in [0.29, 0.717) is 24.6 Å². The molecule has 3 N–H and O–H groups in total. The summed E-state index contributed by atoms with van der Waals surface area (Å²) in [5.74, 6) is 0.248. The number of nitrogens with one attached hydrogen (secondary N) is 2. The Balaban J connectivity index is 1.52. The minimum absolute atomic E-state index is 0.157. The predicted octanol–water partition coefficient (Wildman–Crippen LogP) is 5.44.